The lowest BCUT2D eigenvalue weighted by Crippen LogP contribution is -2.49. The van der Waals surface area contributed by atoms with Gasteiger partial charge in [-0.2, -0.15) is 0 Å². The van der Waals surface area contributed by atoms with Crippen LogP contribution in [0.3, 0.4) is 0 Å². The first kappa shape index (κ1) is 26.2. The fourth-order valence-electron chi connectivity index (χ4n) is 3.35. The highest BCUT2D eigenvalue weighted by Gasteiger charge is 2.27. The highest BCUT2D eigenvalue weighted by atomic mass is 35.5. The van der Waals surface area contributed by atoms with Gasteiger partial charge in [-0.15, -0.1) is 0 Å². The molecule has 0 fully saturated rings. The van der Waals surface area contributed by atoms with E-state index in [1.165, 1.54) is 5.56 Å². The van der Waals surface area contributed by atoms with Crippen LogP contribution >= 0.6 is 23.2 Å². The number of benzene rings is 2. The molecule has 0 saturated carbocycles. The van der Waals surface area contributed by atoms with Crippen LogP contribution in [0.15, 0.2) is 42.5 Å². The maximum atomic E-state index is 13.3. The molecule has 0 aliphatic heterocycles. The minimum absolute atomic E-state index is 0.0421. The molecule has 2 aromatic carbocycles. The van der Waals surface area contributed by atoms with Crippen LogP contribution in [-0.2, 0) is 22.6 Å². The summed E-state index contributed by atoms with van der Waals surface area (Å²) in [6.45, 7) is 10.3. The molecular formula is C26H34Cl2N2O2. The van der Waals surface area contributed by atoms with Crippen LogP contribution in [0.25, 0.3) is 0 Å². The average Bonchev–Trinajstić information content (AvgIpc) is 2.76. The Hall–Kier alpha value is -2.04. The molecule has 2 atom stereocenters. The van der Waals surface area contributed by atoms with E-state index in [0.29, 0.717) is 28.8 Å². The normalized spacial score (nSPS) is 13.0. The summed E-state index contributed by atoms with van der Waals surface area (Å²) in [6.07, 6.45) is 1.75. The number of hydrogen-bond acceptors (Lipinski definition) is 2. The molecular weight excluding hydrogens is 443 g/mol. The third kappa shape index (κ3) is 7.53. The Balaban J connectivity index is 2.17. The summed E-state index contributed by atoms with van der Waals surface area (Å²) < 4.78 is 0. The summed E-state index contributed by atoms with van der Waals surface area (Å²) in [6, 6.07) is 13.0. The fraction of sp³-hybridized carbons (Fsp3) is 0.462. The predicted molar refractivity (Wildman–Crippen MR) is 133 cm³/mol. The van der Waals surface area contributed by atoms with E-state index in [2.05, 4.69) is 43.4 Å². The van der Waals surface area contributed by atoms with Crippen LogP contribution in [0, 0.1) is 0 Å². The van der Waals surface area contributed by atoms with E-state index in [1.54, 1.807) is 30.0 Å². The van der Waals surface area contributed by atoms with Gasteiger partial charge in [0.2, 0.25) is 11.8 Å². The number of halogens is 2. The van der Waals surface area contributed by atoms with E-state index in [9.17, 15) is 9.59 Å². The molecule has 2 amide bonds. The van der Waals surface area contributed by atoms with Crippen LogP contribution < -0.4 is 5.32 Å². The molecule has 2 rings (SSSR count). The molecule has 2 aromatic rings. The maximum absolute atomic E-state index is 13.3. The number of carbonyl (C=O) groups is 2. The summed E-state index contributed by atoms with van der Waals surface area (Å²) >= 11 is 12.4. The molecule has 0 aliphatic carbocycles. The van der Waals surface area contributed by atoms with Crippen LogP contribution in [0.4, 0.5) is 0 Å². The topological polar surface area (TPSA) is 49.4 Å². The summed E-state index contributed by atoms with van der Waals surface area (Å²) in [5, 5.41) is 3.99. The van der Waals surface area contributed by atoms with Gasteiger partial charge in [-0.3, -0.25) is 9.59 Å². The Morgan fingerprint density at radius 2 is 1.66 bits per heavy atom. The van der Waals surface area contributed by atoms with E-state index in [1.807, 2.05) is 13.8 Å². The summed E-state index contributed by atoms with van der Waals surface area (Å²) in [4.78, 5) is 27.7. The molecule has 0 spiro atoms. The number of nitrogens with one attached hydrogen (secondary N) is 1. The van der Waals surface area contributed by atoms with E-state index in [0.717, 1.165) is 17.5 Å². The Morgan fingerprint density at radius 1 is 1.00 bits per heavy atom. The molecule has 0 saturated heterocycles. The zero-order chi connectivity index (χ0) is 23.8. The molecule has 0 radical (unpaired) electrons. The van der Waals surface area contributed by atoms with Crippen molar-refractivity contribution in [1.82, 2.24) is 10.2 Å². The molecule has 174 valence electrons. The van der Waals surface area contributed by atoms with Crippen molar-refractivity contribution in [3.05, 3.63) is 69.2 Å². The third-order valence-electron chi connectivity index (χ3n) is 5.80. The van der Waals surface area contributed by atoms with Crippen LogP contribution in [0.1, 0.15) is 70.1 Å². The second-order valence-electron chi connectivity index (χ2n) is 8.65. The standard InChI is InChI=1S/C26H34Cl2N2O2/c1-6-18(4)29-26(32)19(5)30(16-22-12-13-23(27)15-24(22)28)25(31)14-9-20-7-10-21(11-8-20)17(2)3/h7-8,10-13,15,17-19H,6,9,14,16H2,1-5H3,(H,29,32). The Kier molecular flexibility index (Phi) is 10.0. The largest absolute Gasteiger partial charge is 0.352 e. The lowest BCUT2D eigenvalue weighted by atomic mass is 10.00. The average molecular weight is 477 g/mol. The van der Waals surface area contributed by atoms with E-state index >= 15 is 0 Å². The first-order chi connectivity index (χ1) is 15.1. The molecule has 0 heterocycles. The number of aryl methyl sites for hydroxylation is 1. The van der Waals surface area contributed by atoms with Crippen molar-refractivity contribution in [3.63, 3.8) is 0 Å². The van der Waals surface area contributed by atoms with Gasteiger partial charge < -0.3 is 10.2 Å². The zero-order valence-corrected chi connectivity index (χ0v) is 21.1. The predicted octanol–water partition coefficient (Wildman–Crippen LogP) is 6.38. The first-order valence-electron chi connectivity index (χ1n) is 11.2. The van der Waals surface area contributed by atoms with Crippen molar-refractivity contribution >= 4 is 35.0 Å². The van der Waals surface area contributed by atoms with Gasteiger partial charge in [0.1, 0.15) is 6.04 Å². The SMILES string of the molecule is CCC(C)NC(=O)C(C)N(Cc1ccc(Cl)cc1Cl)C(=O)CCc1ccc(C(C)C)cc1. The van der Waals surface area contributed by atoms with Crippen molar-refractivity contribution in [1.29, 1.82) is 0 Å². The smallest absolute Gasteiger partial charge is 0.242 e. The molecule has 0 aromatic heterocycles. The van der Waals surface area contributed by atoms with Crippen LogP contribution in [0.5, 0.6) is 0 Å². The summed E-state index contributed by atoms with van der Waals surface area (Å²) in [5.74, 6) is 0.213. The molecule has 32 heavy (non-hydrogen) atoms. The van der Waals surface area contributed by atoms with E-state index in [4.69, 9.17) is 23.2 Å². The molecule has 2 unspecified atom stereocenters. The minimum Gasteiger partial charge on any atom is -0.352 e. The second kappa shape index (κ2) is 12.3. The highest BCUT2D eigenvalue weighted by molar-refractivity contribution is 6.35. The van der Waals surface area contributed by atoms with Crippen molar-refractivity contribution in [3.8, 4) is 0 Å². The van der Waals surface area contributed by atoms with Crippen molar-refractivity contribution < 1.29 is 9.59 Å². The lowest BCUT2D eigenvalue weighted by molar-refractivity contribution is -0.140. The third-order valence-corrected chi connectivity index (χ3v) is 6.39. The maximum Gasteiger partial charge on any atom is 0.242 e. The first-order valence-corrected chi connectivity index (χ1v) is 12.0. The summed E-state index contributed by atoms with van der Waals surface area (Å²) in [7, 11) is 0. The van der Waals surface area contributed by atoms with Gasteiger partial charge in [0.25, 0.3) is 0 Å². The highest BCUT2D eigenvalue weighted by Crippen LogP contribution is 2.24. The Morgan fingerprint density at radius 3 is 2.22 bits per heavy atom. The number of carbonyl (C=O) groups excluding carboxylic acids is 2. The molecule has 0 aliphatic rings. The number of nitrogens with zero attached hydrogens (tertiary/aromatic N) is 1. The lowest BCUT2D eigenvalue weighted by Gasteiger charge is -2.30. The Labute approximate surface area is 202 Å². The van der Waals surface area contributed by atoms with Crippen molar-refractivity contribution in [2.75, 3.05) is 0 Å². The fourth-order valence-corrected chi connectivity index (χ4v) is 3.81. The zero-order valence-electron chi connectivity index (χ0n) is 19.6. The van der Waals surface area contributed by atoms with Gasteiger partial charge in [-0.05, 0) is 61.4 Å². The van der Waals surface area contributed by atoms with Crippen LogP contribution in [0.2, 0.25) is 10.0 Å². The molecule has 6 heteroatoms. The van der Waals surface area contributed by atoms with Gasteiger partial charge in [0.05, 0.1) is 0 Å². The van der Waals surface area contributed by atoms with E-state index in [-0.39, 0.29) is 24.4 Å². The molecule has 1 N–H and O–H groups in total. The quantitative estimate of drug-likeness (QED) is 0.432. The van der Waals surface area contributed by atoms with Gasteiger partial charge in [-0.25, -0.2) is 0 Å². The van der Waals surface area contributed by atoms with Gasteiger partial charge >= 0.3 is 0 Å². The molecule has 4 nitrogen and oxygen atoms in total. The molecule has 0 bridgehead atoms. The number of amides is 2. The minimum atomic E-state index is -0.619. The second-order valence-corrected chi connectivity index (χ2v) is 9.49. The summed E-state index contributed by atoms with van der Waals surface area (Å²) in [5.41, 5.74) is 3.13. The van der Waals surface area contributed by atoms with Crippen LogP contribution in [-0.4, -0.2) is 28.8 Å². The number of rotatable bonds is 10. The van der Waals surface area contributed by atoms with Crippen molar-refractivity contribution in [2.45, 2.75) is 78.4 Å². The van der Waals surface area contributed by atoms with Gasteiger partial charge in [0, 0.05) is 29.1 Å². The Bertz CT molecular complexity index is 913. The van der Waals surface area contributed by atoms with Crippen molar-refractivity contribution in [2.24, 2.45) is 0 Å². The van der Waals surface area contributed by atoms with E-state index < -0.39 is 6.04 Å². The number of hydrogen-bond donors (Lipinski definition) is 1. The van der Waals surface area contributed by atoms with Gasteiger partial charge in [0.15, 0.2) is 0 Å². The monoisotopic (exact) mass is 476 g/mol. The van der Waals surface area contributed by atoms with Gasteiger partial charge in [-0.1, -0.05) is 74.3 Å².